The lowest BCUT2D eigenvalue weighted by molar-refractivity contribution is -0.104. The summed E-state index contributed by atoms with van der Waals surface area (Å²) in [5.74, 6) is 0. The van der Waals surface area contributed by atoms with Gasteiger partial charge in [-0.15, -0.1) is 11.3 Å². The van der Waals surface area contributed by atoms with Gasteiger partial charge in [0.05, 0.1) is 11.4 Å². The Labute approximate surface area is 153 Å². The highest BCUT2D eigenvalue weighted by Gasteiger charge is 2.19. The van der Waals surface area contributed by atoms with E-state index in [1.807, 2.05) is 52.4 Å². The first-order valence-electron chi connectivity index (χ1n) is 7.55. The summed E-state index contributed by atoms with van der Waals surface area (Å²) in [5.41, 5.74) is 4.34. The molecule has 0 aliphatic carbocycles. The number of fused-ring (bicyclic) bond motifs is 1. The number of benzene rings is 1. The number of halogens is 1. The van der Waals surface area contributed by atoms with Gasteiger partial charge in [0.15, 0.2) is 4.96 Å². The molecule has 4 aromatic rings. The van der Waals surface area contributed by atoms with Gasteiger partial charge in [0.25, 0.3) is 0 Å². The van der Waals surface area contributed by atoms with Crippen molar-refractivity contribution >= 4 is 39.8 Å². The van der Waals surface area contributed by atoms with Gasteiger partial charge in [-0.2, -0.15) is 0 Å². The largest absolute Gasteiger partial charge is 0.299 e. The Kier molecular flexibility index (Phi) is 4.17. The minimum Gasteiger partial charge on any atom is -0.299 e. The normalized spacial score (nSPS) is 11.8. The smallest absolute Gasteiger partial charge is 0.194 e. The number of hydrogen-bond donors (Lipinski definition) is 0. The highest BCUT2D eigenvalue weighted by atomic mass is 35.5. The molecule has 4 nitrogen and oxygen atoms in total. The molecule has 6 heteroatoms. The molecule has 0 bridgehead atoms. The van der Waals surface area contributed by atoms with E-state index in [1.54, 1.807) is 29.8 Å². The van der Waals surface area contributed by atoms with Crippen molar-refractivity contribution in [1.82, 2.24) is 14.4 Å². The molecule has 0 saturated heterocycles. The summed E-state index contributed by atoms with van der Waals surface area (Å²) in [4.78, 5) is 21.0. The van der Waals surface area contributed by atoms with Crippen molar-refractivity contribution in [1.29, 1.82) is 0 Å². The van der Waals surface area contributed by atoms with E-state index in [-0.39, 0.29) is 0 Å². The molecular weight excluding hydrogens is 354 g/mol. The Morgan fingerprint density at radius 1 is 1.12 bits per heavy atom. The summed E-state index contributed by atoms with van der Waals surface area (Å²) in [7, 11) is 0. The van der Waals surface area contributed by atoms with Gasteiger partial charge in [0.1, 0.15) is 6.29 Å². The second kappa shape index (κ2) is 6.63. The molecule has 122 valence electrons. The summed E-state index contributed by atoms with van der Waals surface area (Å²) in [6, 6.07) is 11.3. The van der Waals surface area contributed by atoms with Crippen LogP contribution in [0.4, 0.5) is 0 Å². The maximum atomic E-state index is 11.3. The molecule has 0 aliphatic rings. The second-order valence-electron chi connectivity index (χ2n) is 5.32. The van der Waals surface area contributed by atoms with Crippen LogP contribution in [0.2, 0.25) is 5.02 Å². The lowest BCUT2D eigenvalue weighted by atomic mass is 9.99. The Bertz CT molecular complexity index is 1070. The van der Waals surface area contributed by atoms with Crippen LogP contribution in [-0.2, 0) is 4.79 Å². The maximum absolute atomic E-state index is 11.3. The lowest BCUT2D eigenvalue weighted by Gasteiger charge is -2.09. The molecule has 0 atom stereocenters. The predicted molar refractivity (Wildman–Crippen MR) is 101 cm³/mol. The van der Waals surface area contributed by atoms with Gasteiger partial charge in [0.2, 0.25) is 0 Å². The predicted octanol–water partition coefficient (Wildman–Crippen LogP) is 4.74. The van der Waals surface area contributed by atoms with Crippen LogP contribution in [0.5, 0.6) is 0 Å². The Balaban J connectivity index is 2.00. The van der Waals surface area contributed by atoms with Gasteiger partial charge in [-0.1, -0.05) is 23.7 Å². The summed E-state index contributed by atoms with van der Waals surface area (Å²) in [6.45, 7) is 0. The Morgan fingerprint density at radius 3 is 2.60 bits per heavy atom. The van der Waals surface area contributed by atoms with Crippen molar-refractivity contribution in [3.63, 3.8) is 0 Å². The summed E-state index contributed by atoms with van der Waals surface area (Å²) >= 11 is 7.57. The third-order valence-corrected chi connectivity index (χ3v) is 4.87. The number of aromatic nitrogens is 3. The van der Waals surface area contributed by atoms with E-state index in [1.165, 1.54) is 0 Å². The highest BCUT2D eigenvalue weighted by Crippen LogP contribution is 2.34. The minimum atomic E-state index is 0.670. The van der Waals surface area contributed by atoms with Gasteiger partial charge < -0.3 is 0 Å². The number of pyridine rings is 1. The second-order valence-corrected chi connectivity index (χ2v) is 6.63. The summed E-state index contributed by atoms with van der Waals surface area (Å²) in [6.07, 6.45) is 7.74. The van der Waals surface area contributed by atoms with E-state index in [0.29, 0.717) is 5.02 Å². The molecule has 25 heavy (non-hydrogen) atoms. The lowest BCUT2D eigenvalue weighted by Crippen LogP contribution is -1.96. The van der Waals surface area contributed by atoms with Gasteiger partial charge in [0, 0.05) is 40.1 Å². The zero-order chi connectivity index (χ0) is 17.2. The van der Waals surface area contributed by atoms with E-state index in [9.17, 15) is 4.79 Å². The van der Waals surface area contributed by atoms with E-state index >= 15 is 0 Å². The van der Waals surface area contributed by atoms with Crippen LogP contribution < -0.4 is 0 Å². The average Bonchev–Trinajstić information content (AvgIpc) is 3.22. The molecule has 3 aromatic heterocycles. The quantitative estimate of drug-likeness (QED) is 0.387. The summed E-state index contributed by atoms with van der Waals surface area (Å²) in [5, 5.41) is 2.65. The van der Waals surface area contributed by atoms with E-state index in [0.717, 1.165) is 39.3 Å². The van der Waals surface area contributed by atoms with E-state index in [4.69, 9.17) is 16.6 Å². The Hall–Kier alpha value is -2.76. The molecule has 0 N–H and O–H groups in total. The fourth-order valence-corrected chi connectivity index (χ4v) is 3.60. The van der Waals surface area contributed by atoms with Gasteiger partial charge in [-0.3, -0.25) is 14.2 Å². The van der Waals surface area contributed by atoms with Crippen LogP contribution in [0.15, 0.2) is 66.4 Å². The first-order chi connectivity index (χ1) is 12.3. The molecule has 0 amide bonds. The van der Waals surface area contributed by atoms with Crippen molar-refractivity contribution in [2.24, 2.45) is 0 Å². The molecule has 4 rings (SSSR count). The topological polar surface area (TPSA) is 47.3 Å². The standard InChI is InChI=1S/C19H12ClN3OS/c20-15-3-1-14(2-4-15)17-18(23-10-12-25-19(23)22-17)16(7-11-24)13-5-8-21-9-6-13/h1-12H/b16-7-. The van der Waals surface area contributed by atoms with Crippen LogP contribution >= 0.6 is 22.9 Å². The van der Waals surface area contributed by atoms with Crippen molar-refractivity contribution in [3.8, 4) is 11.3 Å². The number of carbonyl (C=O) groups excluding carboxylic acids is 1. The molecule has 0 radical (unpaired) electrons. The number of carbonyl (C=O) groups is 1. The number of nitrogens with zero attached hydrogens (tertiary/aromatic N) is 3. The van der Waals surface area contributed by atoms with Gasteiger partial charge in [-0.25, -0.2) is 4.98 Å². The maximum Gasteiger partial charge on any atom is 0.194 e. The Morgan fingerprint density at radius 2 is 1.88 bits per heavy atom. The number of allylic oxidation sites excluding steroid dienone is 1. The monoisotopic (exact) mass is 365 g/mol. The van der Waals surface area contributed by atoms with Crippen LogP contribution in [0, 0.1) is 0 Å². The molecule has 3 heterocycles. The summed E-state index contributed by atoms with van der Waals surface area (Å²) < 4.78 is 2.00. The van der Waals surface area contributed by atoms with E-state index in [2.05, 4.69) is 4.98 Å². The zero-order valence-corrected chi connectivity index (χ0v) is 14.5. The highest BCUT2D eigenvalue weighted by molar-refractivity contribution is 7.15. The number of aldehydes is 1. The third kappa shape index (κ3) is 2.88. The van der Waals surface area contributed by atoms with Crippen molar-refractivity contribution in [2.45, 2.75) is 0 Å². The average molecular weight is 366 g/mol. The zero-order valence-electron chi connectivity index (χ0n) is 13.0. The SMILES string of the molecule is O=C/C=C(/c1ccncc1)c1c(-c2ccc(Cl)cc2)nc2sccn12. The van der Waals surface area contributed by atoms with E-state index < -0.39 is 0 Å². The molecule has 0 fully saturated rings. The molecular formula is C19H12ClN3OS. The van der Waals surface area contributed by atoms with Crippen molar-refractivity contribution in [3.05, 3.63) is 82.7 Å². The van der Waals surface area contributed by atoms with Crippen molar-refractivity contribution < 1.29 is 4.79 Å². The van der Waals surface area contributed by atoms with Crippen LogP contribution in [0.3, 0.4) is 0 Å². The molecule has 0 saturated carbocycles. The molecule has 0 aliphatic heterocycles. The van der Waals surface area contributed by atoms with Gasteiger partial charge >= 0.3 is 0 Å². The number of imidazole rings is 1. The minimum absolute atomic E-state index is 0.670. The van der Waals surface area contributed by atoms with Crippen molar-refractivity contribution in [2.75, 3.05) is 0 Å². The first kappa shape index (κ1) is 15.7. The van der Waals surface area contributed by atoms with Crippen LogP contribution in [0.25, 0.3) is 21.8 Å². The first-order valence-corrected chi connectivity index (χ1v) is 8.81. The third-order valence-electron chi connectivity index (χ3n) is 3.86. The molecule has 0 spiro atoms. The number of rotatable bonds is 4. The fraction of sp³-hybridized carbons (Fsp3) is 0. The number of hydrogen-bond acceptors (Lipinski definition) is 4. The molecule has 1 aromatic carbocycles. The van der Waals surface area contributed by atoms with Crippen LogP contribution in [0.1, 0.15) is 11.3 Å². The fourth-order valence-electron chi connectivity index (χ4n) is 2.76. The van der Waals surface area contributed by atoms with Gasteiger partial charge in [-0.05, 0) is 35.9 Å². The number of thiazole rings is 1. The van der Waals surface area contributed by atoms with Crippen LogP contribution in [-0.4, -0.2) is 20.7 Å². The molecule has 0 unspecified atom stereocenters.